The molecule has 0 bridgehead atoms. The number of rotatable bonds is 63. The number of hydrogen-bond acceptors (Lipinski definition) is 5. The van der Waals surface area contributed by atoms with Gasteiger partial charge >= 0.3 is 5.97 Å². The molecule has 0 aliphatic heterocycles. The third kappa shape index (κ3) is 61.2. The van der Waals surface area contributed by atoms with Crippen LogP contribution in [0.25, 0.3) is 0 Å². The second kappa shape index (κ2) is 64.6. The lowest BCUT2D eigenvalue weighted by Crippen LogP contribution is -2.45. The molecule has 2 unspecified atom stereocenters. The molecule has 0 heterocycles. The second-order valence-electron chi connectivity index (χ2n) is 23.1. The van der Waals surface area contributed by atoms with Gasteiger partial charge in [-0.25, -0.2) is 0 Å². The van der Waals surface area contributed by atoms with E-state index >= 15 is 0 Å². The molecule has 6 heteroatoms. The van der Waals surface area contributed by atoms with Crippen LogP contribution in [0.3, 0.4) is 0 Å². The van der Waals surface area contributed by atoms with Crippen LogP contribution in [0.4, 0.5) is 0 Å². The van der Waals surface area contributed by atoms with Gasteiger partial charge in [0.2, 0.25) is 5.91 Å². The van der Waals surface area contributed by atoms with Crippen molar-refractivity contribution in [3.05, 3.63) is 36.5 Å². The minimum absolute atomic E-state index is 0.00827. The van der Waals surface area contributed by atoms with Gasteiger partial charge in [0, 0.05) is 12.8 Å². The van der Waals surface area contributed by atoms with Gasteiger partial charge in [0.25, 0.3) is 0 Å². The number of carbonyl (C=O) groups excluding carboxylic acids is 2. The molecule has 1 amide bonds. The first-order valence-electron chi connectivity index (χ1n) is 33.7. The van der Waals surface area contributed by atoms with E-state index in [0.717, 1.165) is 51.4 Å². The summed E-state index contributed by atoms with van der Waals surface area (Å²) in [6.45, 7) is 4.94. The number of carbonyl (C=O) groups is 2. The molecule has 0 aliphatic rings. The average Bonchev–Trinajstić information content (AvgIpc) is 3.41. The minimum atomic E-state index is -0.660. The maximum atomic E-state index is 12.4. The molecule has 442 valence electrons. The minimum Gasteiger partial charge on any atom is -0.466 e. The first kappa shape index (κ1) is 73.1. The largest absolute Gasteiger partial charge is 0.466 e. The van der Waals surface area contributed by atoms with E-state index in [1.807, 2.05) is 0 Å². The van der Waals surface area contributed by atoms with Gasteiger partial charge in [-0.15, -0.1) is 0 Å². The number of hydrogen-bond donors (Lipinski definition) is 3. The van der Waals surface area contributed by atoms with Crippen LogP contribution < -0.4 is 5.32 Å². The van der Waals surface area contributed by atoms with Crippen LogP contribution in [0.2, 0.25) is 0 Å². The summed E-state index contributed by atoms with van der Waals surface area (Å²) in [6, 6.07) is -0.537. The van der Waals surface area contributed by atoms with Crippen molar-refractivity contribution < 1.29 is 24.5 Å². The summed E-state index contributed by atoms with van der Waals surface area (Å²) >= 11 is 0. The van der Waals surface area contributed by atoms with Gasteiger partial charge in [0.1, 0.15) is 0 Å². The van der Waals surface area contributed by atoms with E-state index in [9.17, 15) is 19.8 Å². The Morgan fingerprint density at radius 1 is 0.373 bits per heavy atom. The predicted molar refractivity (Wildman–Crippen MR) is 329 cm³/mol. The van der Waals surface area contributed by atoms with Gasteiger partial charge in [-0.1, -0.05) is 307 Å². The van der Waals surface area contributed by atoms with Crippen LogP contribution in [0.5, 0.6) is 0 Å². The molecule has 2 atom stereocenters. The van der Waals surface area contributed by atoms with E-state index in [-0.39, 0.29) is 18.5 Å². The first-order valence-corrected chi connectivity index (χ1v) is 33.7. The number of amides is 1. The number of esters is 1. The van der Waals surface area contributed by atoms with E-state index < -0.39 is 12.1 Å². The molecule has 0 radical (unpaired) electrons. The summed E-state index contributed by atoms with van der Waals surface area (Å²) in [5.41, 5.74) is 0. The third-order valence-electron chi connectivity index (χ3n) is 15.7. The maximum absolute atomic E-state index is 12.4. The quantitative estimate of drug-likeness (QED) is 0.0320. The lowest BCUT2D eigenvalue weighted by Gasteiger charge is -2.22. The Balaban J connectivity index is 3.34. The summed E-state index contributed by atoms with van der Waals surface area (Å²) in [7, 11) is 0. The van der Waals surface area contributed by atoms with Crippen molar-refractivity contribution >= 4 is 11.9 Å². The van der Waals surface area contributed by atoms with Crippen LogP contribution in [0.1, 0.15) is 367 Å². The summed E-state index contributed by atoms with van der Waals surface area (Å²) in [5, 5.41) is 23.1. The van der Waals surface area contributed by atoms with E-state index in [1.165, 1.54) is 283 Å². The molecule has 0 aromatic rings. The van der Waals surface area contributed by atoms with E-state index in [2.05, 4.69) is 55.6 Å². The van der Waals surface area contributed by atoms with Gasteiger partial charge in [0.15, 0.2) is 0 Å². The molecule has 0 fully saturated rings. The van der Waals surface area contributed by atoms with E-state index in [0.29, 0.717) is 25.9 Å². The molecule has 0 aromatic carbocycles. The topological polar surface area (TPSA) is 95.9 Å². The van der Waals surface area contributed by atoms with Gasteiger partial charge < -0.3 is 20.3 Å². The van der Waals surface area contributed by atoms with Crippen LogP contribution >= 0.6 is 0 Å². The van der Waals surface area contributed by atoms with E-state index in [1.54, 1.807) is 0 Å². The van der Waals surface area contributed by atoms with Crippen LogP contribution in [0, 0.1) is 0 Å². The molecule has 6 nitrogen and oxygen atoms in total. The second-order valence-corrected chi connectivity index (χ2v) is 23.1. The van der Waals surface area contributed by atoms with Crippen molar-refractivity contribution in [2.75, 3.05) is 13.2 Å². The summed E-state index contributed by atoms with van der Waals surface area (Å²) < 4.78 is 5.48. The molecular weight excluding hydrogens is 923 g/mol. The molecule has 0 aromatic heterocycles. The number of unbranched alkanes of at least 4 members (excludes halogenated alkanes) is 46. The summed E-state index contributed by atoms with van der Waals surface area (Å²) in [6.07, 6.45) is 82.0. The third-order valence-corrected chi connectivity index (χ3v) is 15.7. The Morgan fingerprint density at radius 2 is 0.667 bits per heavy atom. The smallest absolute Gasteiger partial charge is 0.305 e. The van der Waals surface area contributed by atoms with Crippen molar-refractivity contribution in [3.8, 4) is 0 Å². The van der Waals surface area contributed by atoms with Crippen LogP contribution in [-0.4, -0.2) is 47.4 Å². The molecular formula is C69H131NO5. The standard InChI is InChI=1S/C69H131NO5/c1-3-5-7-9-11-13-14-15-40-43-47-51-55-59-63-69(74)75-64-60-56-52-48-44-41-38-36-34-32-30-28-26-24-22-20-18-16-17-19-21-23-25-27-29-31-33-35-37-39-42-46-50-54-58-62-68(73)70-66(65-71)67(72)61-57-53-49-45-12-10-8-6-4-2/h14-15,18,20,24,26,66-67,71-72H,3-13,16-17,19,21-23,25,27-65H2,1-2H3,(H,70,73)/b15-14-,20-18-,26-24-. The molecule has 3 N–H and O–H groups in total. The normalized spacial score (nSPS) is 12.7. The average molecular weight is 1050 g/mol. The van der Waals surface area contributed by atoms with Gasteiger partial charge in [-0.2, -0.15) is 0 Å². The number of nitrogens with one attached hydrogen (secondary N) is 1. The maximum Gasteiger partial charge on any atom is 0.305 e. The predicted octanol–water partition coefficient (Wildman–Crippen LogP) is 21.5. The fourth-order valence-corrected chi connectivity index (χ4v) is 10.5. The molecule has 0 aliphatic carbocycles. The molecule has 75 heavy (non-hydrogen) atoms. The lowest BCUT2D eigenvalue weighted by atomic mass is 10.0. The number of allylic oxidation sites excluding steroid dienone is 6. The summed E-state index contributed by atoms with van der Waals surface area (Å²) in [4.78, 5) is 24.5. The first-order chi connectivity index (χ1) is 37.0. The molecule has 0 spiro atoms. The zero-order valence-corrected chi connectivity index (χ0v) is 50.5. The van der Waals surface area contributed by atoms with Crippen LogP contribution in [-0.2, 0) is 14.3 Å². The molecule has 0 saturated carbocycles. The molecule has 0 rings (SSSR count). The van der Waals surface area contributed by atoms with Crippen molar-refractivity contribution in [1.29, 1.82) is 0 Å². The Hall–Kier alpha value is -1.92. The van der Waals surface area contributed by atoms with Crippen molar-refractivity contribution in [2.24, 2.45) is 0 Å². The van der Waals surface area contributed by atoms with Gasteiger partial charge in [0.05, 0.1) is 25.4 Å². The number of aliphatic hydroxyl groups excluding tert-OH is 2. The number of ether oxygens (including phenoxy) is 1. The SMILES string of the molecule is CCCCCCC/C=C\CCCCCCCC(=O)OCCCCCCCCCCCCC/C=C\C/C=C\CCCCCCCCCCCCCCCCCCCC(=O)NC(CO)C(O)CCCCCCCCCCC. The highest BCUT2D eigenvalue weighted by Crippen LogP contribution is 2.18. The highest BCUT2D eigenvalue weighted by atomic mass is 16.5. The molecule has 0 saturated heterocycles. The van der Waals surface area contributed by atoms with Crippen molar-refractivity contribution in [2.45, 2.75) is 379 Å². The lowest BCUT2D eigenvalue weighted by molar-refractivity contribution is -0.143. The van der Waals surface area contributed by atoms with Crippen molar-refractivity contribution in [3.63, 3.8) is 0 Å². The Labute approximate surface area is 468 Å². The fourth-order valence-electron chi connectivity index (χ4n) is 10.5. The fraction of sp³-hybridized carbons (Fsp3) is 0.884. The van der Waals surface area contributed by atoms with Crippen LogP contribution in [0.15, 0.2) is 36.5 Å². The number of aliphatic hydroxyl groups is 2. The Bertz CT molecular complexity index is 1210. The van der Waals surface area contributed by atoms with Gasteiger partial charge in [-0.3, -0.25) is 9.59 Å². The van der Waals surface area contributed by atoms with Gasteiger partial charge in [-0.05, 0) is 83.5 Å². The highest BCUT2D eigenvalue weighted by Gasteiger charge is 2.20. The zero-order valence-electron chi connectivity index (χ0n) is 50.5. The summed E-state index contributed by atoms with van der Waals surface area (Å²) in [5.74, 6) is -0.0257. The Morgan fingerprint density at radius 3 is 1.03 bits per heavy atom. The zero-order chi connectivity index (χ0) is 54.3. The van der Waals surface area contributed by atoms with Crippen molar-refractivity contribution in [1.82, 2.24) is 5.32 Å². The highest BCUT2D eigenvalue weighted by molar-refractivity contribution is 5.76. The Kier molecular flexibility index (Phi) is 63.0. The monoisotopic (exact) mass is 1050 g/mol. The van der Waals surface area contributed by atoms with E-state index in [4.69, 9.17) is 4.74 Å².